The van der Waals surface area contributed by atoms with Gasteiger partial charge in [0.2, 0.25) is 0 Å². The summed E-state index contributed by atoms with van der Waals surface area (Å²) in [7, 11) is -0.819. The maximum Gasteiger partial charge on any atom is 0.0487 e. The summed E-state index contributed by atoms with van der Waals surface area (Å²) in [6, 6.07) is 0. The normalized spacial score (nSPS) is 28.5. The van der Waals surface area contributed by atoms with Crippen molar-refractivity contribution < 1.29 is 0 Å². The minimum absolute atomic E-state index is 0.819. The number of rotatable bonds is 1. The summed E-state index contributed by atoms with van der Waals surface area (Å²) in [5.41, 5.74) is 1.03. The quantitative estimate of drug-likeness (QED) is 0.575. The van der Waals surface area contributed by atoms with E-state index in [1.807, 2.05) is 0 Å². The Labute approximate surface area is 65.2 Å². The van der Waals surface area contributed by atoms with E-state index in [-0.39, 0.29) is 0 Å². The summed E-state index contributed by atoms with van der Waals surface area (Å²) >= 11 is 0. The Morgan fingerprint density at radius 1 is 1.30 bits per heavy atom. The van der Waals surface area contributed by atoms with Gasteiger partial charge in [-0.3, -0.25) is 0 Å². The van der Waals surface area contributed by atoms with E-state index >= 15 is 0 Å². The second kappa shape index (κ2) is 3.05. The number of nitrogens with one attached hydrogen (secondary N) is 1. The maximum atomic E-state index is 3.48. The fraction of sp³-hybridized carbons (Fsp3) is 1.00. The van der Waals surface area contributed by atoms with Gasteiger partial charge in [0.25, 0.3) is 0 Å². The summed E-state index contributed by atoms with van der Waals surface area (Å²) in [5.74, 6) is 0. The molecule has 10 heavy (non-hydrogen) atoms. The zero-order chi connectivity index (χ0) is 7.61. The van der Waals surface area contributed by atoms with Crippen LogP contribution in [0.1, 0.15) is 12.8 Å². The zero-order valence-electron chi connectivity index (χ0n) is 7.41. The van der Waals surface area contributed by atoms with Crippen LogP contribution in [-0.4, -0.2) is 21.2 Å². The molecule has 1 nitrogen and oxygen atoms in total. The van der Waals surface area contributed by atoms with E-state index in [9.17, 15) is 0 Å². The van der Waals surface area contributed by atoms with Gasteiger partial charge in [-0.2, -0.15) is 0 Å². The largest absolute Gasteiger partial charge is 0.317 e. The third-order valence-electron chi connectivity index (χ3n) is 2.52. The van der Waals surface area contributed by atoms with E-state index in [1.165, 1.54) is 25.9 Å². The molecule has 0 spiro atoms. The van der Waals surface area contributed by atoms with E-state index in [2.05, 4.69) is 25.0 Å². The first-order valence-electron chi connectivity index (χ1n) is 4.31. The van der Waals surface area contributed by atoms with Crippen molar-refractivity contribution in [1.29, 1.82) is 0 Å². The Bertz CT molecular complexity index is 100. The molecule has 0 aliphatic carbocycles. The van der Waals surface area contributed by atoms with Crippen molar-refractivity contribution in [3.8, 4) is 0 Å². The lowest BCUT2D eigenvalue weighted by Gasteiger charge is -2.32. The highest BCUT2D eigenvalue weighted by atomic mass is 28.3. The third-order valence-corrected chi connectivity index (χ3v) is 5.46. The van der Waals surface area contributed by atoms with E-state index in [0.29, 0.717) is 0 Å². The average Bonchev–Trinajstić information content (AvgIpc) is 1.88. The highest BCUT2D eigenvalue weighted by Crippen LogP contribution is 2.27. The van der Waals surface area contributed by atoms with Crippen molar-refractivity contribution >= 4 is 8.07 Å². The van der Waals surface area contributed by atoms with Gasteiger partial charge in [0, 0.05) is 8.07 Å². The molecule has 2 heteroatoms. The second-order valence-corrected chi connectivity index (χ2v) is 9.96. The molecule has 0 amide bonds. The van der Waals surface area contributed by atoms with Gasteiger partial charge < -0.3 is 5.32 Å². The predicted molar refractivity (Wildman–Crippen MR) is 49.2 cm³/mol. The van der Waals surface area contributed by atoms with Gasteiger partial charge in [0.05, 0.1) is 0 Å². The summed E-state index contributed by atoms with van der Waals surface area (Å²) in [6.45, 7) is 9.97. The number of hydrogen-bond acceptors (Lipinski definition) is 1. The molecule has 1 heterocycles. The van der Waals surface area contributed by atoms with Crippen LogP contribution in [0.15, 0.2) is 0 Å². The molecule has 0 radical (unpaired) electrons. The van der Waals surface area contributed by atoms with Gasteiger partial charge in [-0.25, -0.2) is 0 Å². The molecule has 1 aliphatic rings. The van der Waals surface area contributed by atoms with E-state index in [1.54, 1.807) is 0 Å². The molecular formula is C8H19NSi. The SMILES string of the molecule is C[Si](C)(C)[C@H]1CCCNC1. The van der Waals surface area contributed by atoms with Crippen molar-refractivity contribution in [2.75, 3.05) is 13.1 Å². The molecule has 60 valence electrons. The smallest absolute Gasteiger partial charge is 0.0487 e. The molecule has 0 aromatic rings. The molecule has 1 N–H and O–H groups in total. The van der Waals surface area contributed by atoms with Gasteiger partial charge in [-0.1, -0.05) is 26.1 Å². The standard InChI is InChI=1S/C8H19NSi/c1-10(2,3)8-5-4-6-9-7-8/h8-9H,4-7H2,1-3H3/t8-/m0/s1. The van der Waals surface area contributed by atoms with Crippen LogP contribution in [-0.2, 0) is 0 Å². The Morgan fingerprint density at radius 3 is 2.30 bits per heavy atom. The molecular weight excluding hydrogens is 138 g/mol. The van der Waals surface area contributed by atoms with E-state index in [4.69, 9.17) is 0 Å². The van der Waals surface area contributed by atoms with Crippen molar-refractivity contribution in [1.82, 2.24) is 5.32 Å². The lowest BCUT2D eigenvalue weighted by Crippen LogP contribution is -2.39. The predicted octanol–water partition coefficient (Wildman–Crippen LogP) is 2.08. The molecule has 0 aromatic carbocycles. The monoisotopic (exact) mass is 157 g/mol. The number of hydrogen-bond donors (Lipinski definition) is 1. The molecule has 0 bridgehead atoms. The van der Waals surface area contributed by atoms with Crippen molar-refractivity contribution in [2.45, 2.75) is 38.0 Å². The van der Waals surface area contributed by atoms with Crippen molar-refractivity contribution in [2.24, 2.45) is 0 Å². The van der Waals surface area contributed by atoms with Crippen molar-refractivity contribution in [3.63, 3.8) is 0 Å². The molecule has 0 aromatic heterocycles. The minimum Gasteiger partial charge on any atom is -0.317 e. The summed E-state index contributed by atoms with van der Waals surface area (Å²) in [4.78, 5) is 0. The highest BCUT2D eigenvalue weighted by molar-refractivity contribution is 6.77. The molecule has 0 unspecified atom stereocenters. The summed E-state index contributed by atoms with van der Waals surface area (Å²) < 4.78 is 0. The van der Waals surface area contributed by atoms with Gasteiger partial charge in [-0.05, 0) is 25.1 Å². The third kappa shape index (κ3) is 2.10. The van der Waals surface area contributed by atoms with Crippen LogP contribution in [0.2, 0.25) is 25.2 Å². The lowest BCUT2D eigenvalue weighted by atomic mass is 10.2. The molecule has 0 saturated carbocycles. The maximum absolute atomic E-state index is 3.48. The van der Waals surface area contributed by atoms with Crippen LogP contribution in [0, 0.1) is 0 Å². The van der Waals surface area contributed by atoms with E-state index in [0.717, 1.165) is 5.54 Å². The second-order valence-electron chi connectivity index (χ2n) is 4.41. The first-order valence-corrected chi connectivity index (χ1v) is 7.89. The minimum atomic E-state index is -0.819. The zero-order valence-corrected chi connectivity index (χ0v) is 8.41. The Kier molecular flexibility index (Phi) is 2.53. The summed E-state index contributed by atoms with van der Waals surface area (Å²) in [6.07, 6.45) is 2.87. The van der Waals surface area contributed by atoms with Crippen LogP contribution in [0.5, 0.6) is 0 Å². The summed E-state index contributed by atoms with van der Waals surface area (Å²) in [5, 5.41) is 3.48. The lowest BCUT2D eigenvalue weighted by molar-refractivity contribution is 0.509. The van der Waals surface area contributed by atoms with Crippen molar-refractivity contribution in [3.05, 3.63) is 0 Å². The molecule has 1 atom stereocenters. The van der Waals surface area contributed by atoms with Crippen LogP contribution in [0.4, 0.5) is 0 Å². The van der Waals surface area contributed by atoms with Crippen LogP contribution in [0.25, 0.3) is 0 Å². The Morgan fingerprint density at radius 2 is 2.00 bits per heavy atom. The molecule has 1 saturated heterocycles. The first kappa shape index (κ1) is 8.28. The average molecular weight is 157 g/mol. The van der Waals surface area contributed by atoms with Gasteiger partial charge in [-0.15, -0.1) is 0 Å². The number of piperidine rings is 1. The molecule has 1 aliphatic heterocycles. The molecule has 1 fully saturated rings. The van der Waals surface area contributed by atoms with E-state index < -0.39 is 8.07 Å². The van der Waals surface area contributed by atoms with Gasteiger partial charge >= 0.3 is 0 Å². The Balaban J connectivity index is 2.39. The van der Waals surface area contributed by atoms with Gasteiger partial charge in [0.15, 0.2) is 0 Å². The van der Waals surface area contributed by atoms with Crippen LogP contribution in [0.3, 0.4) is 0 Å². The molecule has 1 rings (SSSR count). The highest BCUT2D eigenvalue weighted by Gasteiger charge is 2.27. The van der Waals surface area contributed by atoms with Crippen LogP contribution >= 0.6 is 0 Å². The first-order chi connectivity index (χ1) is 4.61. The fourth-order valence-corrected chi connectivity index (χ4v) is 3.42. The van der Waals surface area contributed by atoms with Gasteiger partial charge in [0.1, 0.15) is 0 Å². The Hall–Kier alpha value is 0.177. The fourth-order valence-electron chi connectivity index (χ4n) is 1.59. The topological polar surface area (TPSA) is 12.0 Å². The van der Waals surface area contributed by atoms with Crippen LogP contribution < -0.4 is 5.32 Å².